The highest BCUT2D eigenvalue weighted by molar-refractivity contribution is 5.95. The molecule has 1 saturated heterocycles. The number of halogens is 1. The lowest BCUT2D eigenvalue weighted by Gasteiger charge is -2.33. The van der Waals surface area contributed by atoms with Crippen LogP contribution in [0.5, 0.6) is 0 Å². The van der Waals surface area contributed by atoms with E-state index in [0.717, 1.165) is 31.5 Å². The molecular weight excluding hydrogens is 296 g/mol. The van der Waals surface area contributed by atoms with Crippen LogP contribution in [0.15, 0.2) is 18.2 Å². The van der Waals surface area contributed by atoms with Gasteiger partial charge in [-0.25, -0.2) is 0 Å². The molecule has 0 saturated carbocycles. The van der Waals surface area contributed by atoms with Crippen LogP contribution in [0.3, 0.4) is 0 Å². The summed E-state index contributed by atoms with van der Waals surface area (Å²) < 4.78 is 0. The molecule has 1 aromatic rings. The van der Waals surface area contributed by atoms with Gasteiger partial charge in [0.25, 0.3) is 0 Å². The molecule has 1 amide bonds. The molecule has 1 atom stereocenters. The van der Waals surface area contributed by atoms with Crippen LogP contribution in [0.2, 0.25) is 0 Å². The summed E-state index contributed by atoms with van der Waals surface area (Å²) in [5.41, 5.74) is 3.23. The second-order valence-electron chi connectivity index (χ2n) is 5.77. The third-order valence-electron chi connectivity index (χ3n) is 3.86. The predicted octanol–water partition coefficient (Wildman–Crippen LogP) is 3.54. The van der Waals surface area contributed by atoms with E-state index in [0.29, 0.717) is 6.54 Å². The SMILES string of the molecule is CC#CCN1CCCC[C@H]1C(=O)Nc1cc(C)cc(C)c1.Cl. The van der Waals surface area contributed by atoms with E-state index in [4.69, 9.17) is 0 Å². The summed E-state index contributed by atoms with van der Waals surface area (Å²) in [6, 6.07) is 6.09. The van der Waals surface area contributed by atoms with Gasteiger partial charge in [-0.1, -0.05) is 18.4 Å². The number of rotatable bonds is 3. The number of aryl methyl sites for hydroxylation is 2. The molecule has 3 nitrogen and oxygen atoms in total. The van der Waals surface area contributed by atoms with Gasteiger partial charge in [0.2, 0.25) is 5.91 Å². The molecule has 1 fully saturated rings. The Hall–Kier alpha value is -1.50. The van der Waals surface area contributed by atoms with Crippen LogP contribution in [0.1, 0.15) is 37.3 Å². The van der Waals surface area contributed by atoms with E-state index in [9.17, 15) is 4.79 Å². The number of hydrogen-bond donors (Lipinski definition) is 1. The number of anilines is 1. The van der Waals surface area contributed by atoms with E-state index in [-0.39, 0.29) is 24.4 Å². The second kappa shape index (κ2) is 8.82. The molecule has 1 N–H and O–H groups in total. The molecule has 0 aliphatic carbocycles. The van der Waals surface area contributed by atoms with E-state index in [1.165, 1.54) is 11.1 Å². The summed E-state index contributed by atoms with van der Waals surface area (Å²) in [6.07, 6.45) is 3.18. The second-order valence-corrected chi connectivity index (χ2v) is 5.77. The molecule has 1 aromatic carbocycles. The van der Waals surface area contributed by atoms with Crippen molar-refractivity contribution in [1.29, 1.82) is 0 Å². The van der Waals surface area contributed by atoms with Crippen molar-refractivity contribution in [2.45, 2.75) is 46.1 Å². The zero-order chi connectivity index (χ0) is 15.2. The largest absolute Gasteiger partial charge is 0.325 e. The highest BCUT2D eigenvalue weighted by atomic mass is 35.5. The van der Waals surface area contributed by atoms with Crippen molar-refractivity contribution in [2.24, 2.45) is 0 Å². The maximum atomic E-state index is 12.6. The van der Waals surface area contributed by atoms with Gasteiger partial charge in [0.1, 0.15) is 0 Å². The van der Waals surface area contributed by atoms with Crippen LogP contribution in [-0.4, -0.2) is 29.9 Å². The van der Waals surface area contributed by atoms with Crippen LogP contribution in [0.25, 0.3) is 0 Å². The quantitative estimate of drug-likeness (QED) is 0.864. The summed E-state index contributed by atoms with van der Waals surface area (Å²) >= 11 is 0. The zero-order valence-electron chi connectivity index (χ0n) is 13.6. The standard InChI is InChI=1S/C18H24N2O.ClH/c1-4-5-9-20-10-7-6-8-17(20)18(21)19-16-12-14(2)11-15(3)13-16;/h11-13,17H,6-10H2,1-3H3,(H,19,21);1H/t17-;/m0./s1. The third-order valence-corrected chi connectivity index (χ3v) is 3.86. The van der Waals surface area contributed by atoms with E-state index < -0.39 is 0 Å². The fraction of sp³-hybridized carbons (Fsp3) is 0.500. The van der Waals surface area contributed by atoms with Gasteiger partial charge in [-0.3, -0.25) is 9.69 Å². The number of likely N-dealkylation sites (tertiary alicyclic amines) is 1. The smallest absolute Gasteiger partial charge is 0.241 e. The van der Waals surface area contributed by atoms with Crippen LogP contribution < -0.4 is 5.32 Å². The van der Waals surface area contributed by atoms with Gasteiger partial charge >= 0.3 is 0 Å². The normalized spacial score (nSPS) is 17.9. The van der Waals surface area contributed by atoms with E-state index in [1.54, 1.807) is 0 Å². The fourth-order valence-corrected chi connectivity index (χ4v) is 2.93. The molecule has 0 spiro atoms. The van der Waals surface area contributed by atoms with Crippen molar-refractivity contribution in [3.05, 3.63) is 29.3 Å². The highest BCUT2D eigenvalue weighted by Crippen LogP contribution is 2.20. The van der Waals surface area contributed by atoms with Crippen LogP contribution >= 0.6 is 12.4 Å². The minimum Gasteiger partial charge on any atom is -0.325 e. The number of nitrogens with one attached hydrogen (secondary N) is 1. The van der Waals surface area contributed by atoms with E-state index in [2.05, 4.69) is 28.1 Å². The first kappa shape index (κ1) is 18.5. The molecule has 1 heterocycles. The van der Waals surface area contributed by atoms with Gasteiger partial charge in [0, 0.05) is 5.69 Å². The number of nitrogens with zero attached hydrogens (tertiary/aromatic N) is 1. The number of piperidine rings is 1. The number of carbonyl (C=O) groups excluding carboxylic acids is 1. The Bertz CT molecular complexity index is 554. The molecule has 1 aliphatic rings. The molecule has 0 radical (unpaired) electrons. The van der Waals surface area contributed by atoms with Gasteiger partial charge in [-0.15, -0.1) is 18.3 Å². The van der Waals surface area contributed by atoms with Gasteiger partial charge in [0.15, 0.2) is 0 Å². The Labute approximate surface area is 139 Å². The van der Waals surface area contributed by atoms with Crippen LogP contribution in [0, 0.1) is 25.7 Å². The van der Waals surface area contributed by atoms with Crippen molar-refractivity contribution in [3.8, 4) is 11.8 Å². The molecule has 22 heavy (non-hydrogen) atoms. The van der Waals surface area contributed by atoms with Crippen LogP contribution in [-0.2, 0) is 4.79 Å². The van der Waals surface area contributed by atoms with Crippen molar-refractivity contribution >= 4 is 24.0 Å². The number of benzene rings is 1. The average molecular weight is 321 g/mol. The maximum Gasteiger partial charge on any atom is 0.241 e. The van der Waals surface area contributed by atoms with E-state index >= 15 is 0 Å². The molecule has 0 aromatic heterocycles. The summed E-state index contributed by atoms with van der Waals surface area (Å²) in [4.78, 5) is 14.8. The number of hydrogen-bond acceptors (Lipinski definition) is 2. The van der Waals surface area contributed by atoms with Crippen molar-refractivity contribution in [3.63, 3.8) is 0 Å². The molecular formula is C18H25ClN2O. The number of carbonyl (C=O) groups is 1. The molecule has 0 bridgehead atoms. The minimum absolute atomic E-state index is 0. The van der Waals surface area contributed by atoms with Gasteiger partial charge in [0.05, 0.1) is 12.6 Å². The maximum absolute atomic E-state index is 12.6. The first-order valence-electron chi connectivity index (χ1n) is 7.63. The first-order valence-corrected chi connectivity index (χ1v) is 7.63. The van der Waals surface area contributed by atoms with Crippen molar-refractivity contribution in [1.82, 2.24) is 4.90 Å². The molecule has 120 valence electrons. The summed E-state index contributed by atoms with van der Waals surface area (Å²) in [7, 11) is 0. The Morgan fingerprint density at radius 1 is 1.27 bits per heavy atom. The van der Waals surface area contributed by atoms with Crippen molar-refractivity contribution in [2.75, 3.05) is 18.4 Å². The Kier molecular flexibility index (Phi) is 7.44. The third kappa shape index (κ3) is 5.05. The van der Waals surface area contributed by atoms with Crippen LogP contribution in [0.4, 0.5) is 5.69 Å². The first-order chi connectivity index (χ1) is 10.1. The lowest BCUT2D eigenvalue weighted by Crippen LogP contribution is -2.47. The Balaban J connectivity index is 0.00000242. The monoisotopic (exact) mass is 320 g/mol. The fourth-order valence-electron chi connectivity index (χ4n) is 2.93. The minimum atomic E-state index is -0.0552. The summed E-state index contributed by atoms with van der Waals surface area (Å²) in [5.74, 6) is 6.09. The lowest BCUT2D eigenvalue weighted by atomic mass is 10.0. The molecule has 4 heteroatoms. The van der Waals surface area contributed by atoms with Gasteiger partial charge < -0.3 is 5.32 Å². The zero-order valence-corrected chi connectivity index (χ0v) is 14.4. The van der Waals surface area contributed by atoms with Crippen molar-refractivity contribution < 1.29 is 4.79 Å². The Morgan fingerprint density at radius 2 is 1.95 bits per heavy atom. The van der Waals surface area contributed by atoms with Gasteiger partial charge in [-0.05, 0) is 63.4 Å². The van der Waals surface area contributed by atoms with Gasteiger partial charge in [-0.2, -0.15) is 0 Å². The predicted molar refractivity (Wildman–Crippen MR) is 94.5 cm³/mol. The van der Waals surface area contributed by atoms with E-state index in [1.807, 2.05) is 32.9 Å². The lowest BCUT2D eigenvalue weighted by molar-refractivity contribution is -0.122. The molecule has 2 rings (SSSR count). The number of amides is 1. The Morgan fingerprint density at radius 3 is 2.59 bits per heavy atom. The average Bonchev–Trinajstić information content (AvgIpc) is 2.44. The highest BCUT2D eigenvalue weighted by Gasteiger charge is 2.28. The topological polar surface area (TPSA) is 32.3 Å². The molecule has 1 aliphatic heterocycles. The summed E-state index contributed by atoms with van der Waals surface area (Å²) in [5, 5.41) is 3.07. The summed E-state index contributed by atoms with van der Waals surface area (Å²) in [6.45, 7) is 7.58. The molecule has 0 unspecified atom stereocenters.